The van der Waals surface area contributed by atoms with Gasteiger partial charge in [0.05, 0.1) is 0 Å². The number of nitrogens with one attached hydrogen (secondary N) is 1. The van der Waals surface area contributed by atoms with Gasteiger partial charge >= 0.3 is 0 Å². The van der Waals surface area contributed by atoms with Gasteiger partial charge in [-0.15, -0.1) is 0 Å². The fourth-order valence-electron chi connectivity index (χ4n) is 1.52. The van der Waals surface area contributed by atoms with Crippen LogP contribution in [0.1, 0.15) is 18.4 Å². The van der Waals surface area contributed by atoms with E-state index < -0.39 is 0 Å². The van der Waals surface area contributed by atoms with Crippen molar-refractivity contribution in [2.45, 2.75) is 25.3 Å². The lowest BCUT2D eigenvalue weighted by Crippen LogP contribution is -2.26. The Morgan fingerprint density at radius 1 is 1.67 bits per heavy atom. The number of carbonyl (C=O) groups is 1. The summed E-state index contributed by atoms with van der Waals surface area (Å²) in [5.41, 5.74) is 1.34. The van der Waals surface area contributed by atoms with Crippen molar-refractivity contribution in [1.29, 1.82) is 0 Å². The molecule has 0 saturated carbocycles. The maximum Gasteiger partial charge on any atom is 0.220 e. The summed E-state index contributed by atoms with van der Waals surface area (Å²) < 4.78 is 0. The molecular formula is C9H11NOS. The Labute approximate surface area is 75.6 Å². The molecule has 1 atom stereocenters. The molecule has 1 unspecified atom stereocenters. The first-order chi connectivity index (χ1) is 5.84. The summed E-state index contributed by atoms with van der Waals surface area (Å²) in [6.45, 7) is 0. The van der Waals surface area contributed by atoms with Crippen LogP contribution in [0.15, 0.2) is 16.8 Å². The Morgan fingerprint density at radius 2 is 2.58 bits per heavy atom. The van der Waals surface area contributed by atoms with Crippen molar-refractivity contribution in [3.8, 4) is 0 Å². The van der Waals surface area contributed by atoms with Crippen LogP contribution < -0.4 is 5.32 Å². The first-order valence-corrected chi connectivity index (χ1v) is 5.09. The molecule has 2 heterocycles. The van der Waals surface area contributed by atoms with E-state index in [2.05, 4.69) is 22.1 Å². The Hall–Kier alpha value is -0.830. The van der Waals surface area contributed by atoms with Crippen LogP contribution in [0, 0.1) is 0 Å². The Balaban J connectivity index is 1.92. The molecule has 1 saturated heterocycles. The van der Waals surface area contributed by atoms with Gasteiger partial charge in [0.25, 0.3) is 0 Å². The van der Waals surface area contributed by atoms with Crippen molar-refractivity contribution in [2.24, 2.45) is 0 Å². The molecule has 1 aliphatic heterocycles. The lowest BCUT2D eigenvalue weighted by atomic mass is 10.1. The predicted octanol–water partition coefficient (Wildman–Crippen LogP) is 1.57. The summed E-state index contributed by atoms with van der Waals surface area (Å²) in [6, 6.07) is 2.50. The Bertz CT molecular complexity index is 268. The highest BCUT2D eigenvalue weighted by Gasteiger charge is 2.20. The largest absolute Gasteiger partial charge is 0.353 e. The molecule has 0 aromatic carbocycles. The monoisotopic (exact) mass is 181 g/mol. The highest BCUT2D eigenvalue weighted by molar-refractivity contribution is 7.07. The van der Waals surface area contributed by atoms with Crippen molar-refractivity contribution in [2.75, 3.05) is 0 Å². The fourth-order valence-corrected chi connectivity index (χ4v) is 2.21. The van der Waals surface area contributed by atoms with Gasteiger partial charge < -0.3 is 5.32 Å². The van der Waals surface area contributed by atoms with Gasteiger partial charge in [0.2, 0.25) is 5.91 Å². The zero-order valence-corrected chi connectivity index (χ0v) is 7.56. The number of thiophene rings is 1. The number of hydrogen-bond acceptors (Lipinski definition) is 2. The molecule has 1 aliphatic rings. The van der Waals surface area contributed by atoms with Gasteiger partial charge in [0.15, 0.2) is 0 Å². The van der Waals surface area contributed by atoms with Gasteiger partial charge in [-0.05, 0) is 35.2 Å². The smallest absolute Gasteiger partial charge is 0.220 e. The third-order valence-electron chi connectivity index (χ3n) is 2.15. The van der Waals surface area contributed by atoms with E-state index in [1.165, 1.54) is 5.56 Å². The summed E-state index contributed by atoms with van der Waals surface area (Å²) in [5.74, 6) is 0.204. The lowest BCUT2D eigenvalue weighted by Gasteiger charge is -2.06. The summed E-state index contributed by atoms with van der Waals surface area (Å²) in [4.78, 5) is 10.9. The highest BCUT2D eigenvalue weighted by Crippen LogP contribution is 2.14. The van der Waals surface area contributed by atoms with E-state index in [4.69, 9.17) is 0 Å². The van der Waals surface area contributed by atoms with Crippen molar-refractivity contribution in [1.82, 2.24) is 5.32 Å². The second-order valence-electron chi connectivity index (χ2n) is 3.14. The molecule has 0 aliphatic carbocycles. The minimum Gasteiger partial charge on any atom is -0.353 e. The molecule has 12 heavy (non-hydrogen) atoms. The third-order valence-corrected chi connectivity index (χ3v) is 2.88. The summed E-state index contributed by atoms with van der Waals surface area (Å²) in [5, 5.41) is 7.18. The van der Waals surface area contributed by atoms with E-state index in [9.17, 15) is 4.79 Å². The summed E-state index contributed by atoms with van der Waals surface area (Å²) in [7, 11) is 0. The molecule has 1 fully saturated rings. The van der Waals surface area contributed by atoms with E-state index >= 15 is 0 Å². The van der Waals surface area contributed by atoms with Crippen molar-refractivity contribution >= 4 is 17.2 Å². The van der Waals surface area contributed by atoms with Gasteiger partial charge in [0.1, 0.15) is 0 Å². The molecule has 2 rings (SSSR count). The van der Waals surface area contributed by atoms with Crippen LogP contribution in [0.5, 0.6) is 0 Å². The number of rotatable bonds is 2. The van der Waals surface area contributed by atoms with Crippen molar-refractivity contribution in [3.63, 3.8) is 0 Å². The van der Waals surface area contributed by atoms with Crippen LogP contribution in [0.2, 0.25) is 0 Å². The van der Waals surface area contributed by atoms with Crippen molar-refractivity contribution < 1.29 is 4.79 Å². The standard InChI is InChI=1S/C9H11NOS/c11-9-2-1-8(10-9)5-7-3-4-12-6-7/h3-4,6,8H,1-2,5H2,(H,10,11). The van der Waals surface area contributed by atoms with Gasteiger partial charge in [-0.25, -0.2) is 0 Å². The summed E-state index contributed by atoms with van der Waals surface area (Å²) in [6.07, 6.45) is 2.69. The molecule has 1 N–H and O–H groups in total. The minimum atomic E-state index is 0.204. The average Bonchev–Trinajstić information content (AvgIpc) is 2.63. The van der Waals surface area contributed by atoms with Gasteiger partial charge in [-0.1, -0.05) is 0 Å². The molecule has 64 valence electrons. The van der Waals surface area contributed by atoms with Gasteiger partial charge in [-0.2, -0.15) is 11.3 Å². The van der Waals surface area contributed by atoms with Crippen LogP contribution in [0.4, 0.5) is 0 Å². The molecular weight excluding hydrogens is 170 g/mol. The predicted molar refractivity (Wildman–Crippen MR) is 49.2 cm³/mol. The van der Waals surface area contributed by atoms with Crippen LogP contribution >= 0.6 is 11.3 Å². The van der Waals surface area contributed by atoms with Crippen LogP contribution in [0.25, 0.3) is 0 Å². The maximum atomic E-state index is 10.9. The normalized spacial score (nSPS) is 22.7. The molecule has 2 nitrogen and oxygen atoms in total. The second-order valence-corrected chi connectivity index (χ2v) is 3.92. The fraction of sp³-hybridized carbons (Fsp3) is 0.444. The molecule has 1 amide bonds. The minimum absolute atomic E-state index is 0.204. The summed E-state index contributed by atoms with van der Waals surface area (Å²) >= 11 is 1.71. The molecule has 1 aromatic heterocycles. The quantitative estimate of drug-likeness (QED) is 0.737. The first-order valence-electron chi connectivity index (χ1n) is 4.15. The van der Waals surface area contributed by atoms with Crippen LogP contribution in [0.3, 0.4) is 0 Å². The molecule has 0 bridgehead atoms. The Kier molecular flexibility index (Phi) is 2.13. The number of carbonyl (C=O) groups excluding carboxylic acids is 1. The van der Waals surface area contributed by atoms with E-state index in [1.54, 1.807) is 11.3 Å². The topological polar surface area (TPSA) is 29.1 Å². The average molecular weight is 181 g/mol. The van der Waals surface area contributed by atoms with Crippen LogP contribution in [-0.4, -0.2) is 11.9 Å². The Morgan fingerprint density at radius 3 is 3.17 bits per heavy atom. The zero-order chi connectivity index (χ0) is 8.39. The maximum absolute atomic E-state index is 10.9. The molecule has 1 aromatic rings. The SMILES string of the molecule is O=C1CCC(Cc2ccsc2)N1. The second kappa shape index (κ2) is 3.27. The van der Waals surface area contributed by atoms with E-state index in [1.807, 2.05) is 0 Å². The van der Waals surface area contributed by atoms with Gasteiger partial charge in [0, 0.05) is 12.5 Å². The first kappa shape index (κ1) is 7.80. The molecule has 0 radical (unpaired) electrons. The molecule has 3 heteroatoms. The number of hydrogen-bond donors (Lipinski definition) is 1. The van der Waals surface area contributed by atoms with E-state index in [-0.39, 0.29) is 5.91 Å². The van der Waals surface area contributed by atoms with Crippen LogP contribution in [-0.2, 0) is 11.2 Å². The third kappa shape index (κ3) is 1.67. The van der Waals surface area contributed by atoms with E-state index in [0.717, 1.165) is 12.8 Å². The highest BCUT2D eigenvalue weighted by atomic mass is 32.1. The lowest BCUT2D eigenvalue weighted by molar-refractivity contribution is -0.119. The van der Waals surface area contributed by atoms with Crippen molar-refractivity contribution in [3.05, 3.63) is 22.4 Å². The molecule has 0 spiro atoms. The zero-order valence-electron chi connectivity index (χ0n) is 6.75. The number of amides is 1. The van der Waals surface area contributed by atoms with E-state index in [0.29, 0.717) is 12.5 Å². The van der Waals surface area contributed by atoms with Gasteiger partial charge in [-0.3, -0.25) is 4.79 Å².